The van der Waals surface area contributed by atoms with Crippen LogP contribution in [0.15, 0.2) is 36.5 Å². The molecule has 0 amide bonds. The van der Waals surface area contributed by atoms with E-state index in [4.69, 9.17) is 0 Å². The third kappa shape index (κ3) is 3.09. The molecular weight excluding hydrogens is 260 g/mol. The molecule has 1 aromatic heterocycles. The fourth-order valence-electron chi connectivity index (χ4n) is 3.24. The predicted molar refractivity (Wildman–Crippen MR) is 86.2 cm³/mol. The highest BCUT2D eigenvalue weighted by Gasteiger charge is 2.34. The van der Waals surface area contributed by atoms with E-state index in [0.29, 0.717) is 5.92 Å². The van der Waals surface area contributed by atoms with Gasteiger partial charge in [-0.05, 0) is 30.9 Å². The number of nitrogens with zero attached hydrogens (tertiary/aromatic N) is 2. The maximum atomic E-state index is 11.0. The lowest BCUT2D eigenvalue weighted by Gasteiger charge is -2.39. The molecule has 1 saturated heterocycles. The van der Waals surface area contributed by atoms with Gasteiger partial charge in [-0.1, -0.05) is 32.0 Å². The van der Waals surface area contributed by atoms with Crippen molar-refractivity contribution in [1.82, 2.24) is 9.88 Å². The Hall–Kier alpha value is -1.45. The van der Waals surface area contributed by atoms with Gasteiger partial charge in [-0.15, -0.1) is 0 Å². The third-order valence-corrected chi connectivity index (χ3v) is 4.43. The summed E-state index contributed by atoms with van der Waals surface area (Å²) in [7, 11) is 0. The number of hydrogen-bond donors (Lipinski definition) is 1. The summed E-state index contributed by atoms with van der Waals surface area (Å²) in [5.41, 5.74) is 1.23. The molecule has 21 heavy (non-hydrogen) atoms. The molecule has 0 atom stereocenters. The minimum Gasteiger partial charge on any atom is -0.385 e. The van der Waals surface area contributed by atoms with Gasteiger partial charge in [0.15, 0.2) is 0 Å². The minimum atomic E-state index is -0.718. The zero-order valence-corrected chi connectivity index (χ0v) is 12.9. The molecule has 0 radical (unpaired) electrons. The van der Waals surface area contributed by atoms with Crippen LogP contribution in [0.1, 0.15) is 32.3 Å². The van der Waals surface area contributed by atoms with E-state index < -0.39 is 5.60 Å². The molecular formula is C18H24N2O. The minimum absolute atomic E-state index is 0.679. The van der Waals surface area contributed by atoms with E-state index >= 15 is 0 Å². The van der Waals surface area contributed by atoms with Crippen molar-refractivity contribution in [3.05, 3.63) is 42.1 Å². The summed E-state index contributed by atoms with van der Waals surface area (Å²) in [5.74, 6) is 0.679. The maximum absolute atomic E-state index is 11.0. The largest absolute Gasteiger partial charge is 0.385 e. The van der Waals surface area contributed by atoms with Gasteiger partial charge in [0.05, 0.1) is 11.1 Å². The van der Waals surface area contributed by atoms with Crippen LogP contribution < -0.4 is 0 Å². The van der Waals surface area contributed by atoms with Crippen LogP contribution in [0.2, 0.25) is 0 Å². The number of fused-ring (bicyclic) bond motifs is 1. The Morgan fingerprint density at radius 3 is 2.67 bits per heavy atom. The van der Waals surface area contributed by atoms with E-state index in [1.165, 1.54) is 0 Å². The molecule has 2 heterocycles. The molecule has 112 valence electrons. The Balaban J connectivity index is 1.79. The number of benzene rings is 1. The molecule has 3 rings (SSSR count). The van der Waals surface area contributed by atoms with Crippen LogP contribution in [0.25, 0.3) is 10.9 Å². The summed E-state index contributed by atoms with van der Waals surface area (Å²) in [6.45, 7) is 7.52. The molecule has 0 unspecified atom stereocenters. The van der Waals surface area contributed by atoms with Gasteiger partial charge in [0.1, 0.15) is 0 Å². The van der Waals surface area contributed by atoms with Crippen molar-refractivity contribution in [2.45, 2.75) is 32.3 Å². The van der Waals surface area contributed by atoms with Crippen LogP contribution in [0.5, 0.6) is 0 Å². The first-order valence-corrected chi connectivity index (χ1v) is 7.87. The lowest BCUT2D eigenvalue weighted by atomic mass is 9.84. The quantitative estimate of drug-likeness (QED) is 0.940. The zero-order valence-electron chi connectivity index (χ0n) is 12.9. The summed E-state index contributed by atoms with van der Waals surface area (Å²) in [6, 6.07) is 10.2. The number of pyridine rings is 1. The second kappa shape index (κ2) is 5.74. The van der Waals surface area contributed by atoms with Crippen molar-refractivity contribution in [1.29, 1.82) is 0 Å². The van der Waals surface area contributed by atoms with Crippen LogP contribution >= 0.6 is 0 Å². The molecule has 0 spiro atoms. The average Bonchev–Trinajstić information content (AvgIpc) is 2.49. The molecule has 3 nitrogen and oxygen atoms in total. The van der Waals surface area contributed by atoms with Crippen molar-refractivity contribution in [2.24, 2.45) is 5.92 Å². The van der Waals surface area contributed by atoms with Crippen molar-refractivity contribution in [2.75, 3.05) is 19.6 Å². The standard InChI is InChI=1S/C18H24N2O/c1-14(2)13-20-9-7-18(21,8-10-20)16-11-15-5-3-4-6-17(15)19-12-16/h3-6,11-12,14,21H,7-10,13H2,1-2H3. The van der Waals surface area contributed by atoms with Crippen LogP contribution in [0.4, 0.5) is 0 Å². The van der Waals surface area contributed by atoms with Gasteiger partial charge in [0.2, 0.25) is 0 Å². The van der Waals surface area contributed by atoms with Crippen LogP contribution in [0.3, 0.4) is 0 Å². The fourth-order valence-corrected chi connectivity index (χ4v) is 3.24. The summed E-state index contributed by atoms with van der Waals surface area (Å²) < 4.78 is 0. The Kier molecular flexibility index (Phi) is 3.96. The number of likely N-dealkylation sites (tertiary alicyclic amines) is 1. The number of hydrogen-bond acceptors (Lipinski definition) is 3. The van der Waals surface area contributed by atoms with Crippen LogP contribution in [-0.2, 0) is 5.60 Å². The maximum Gasteiger partial charge on any atom is 0.0935 e. The molecule has 3 heteroatoms. The number of aromatic nitrogens is 1. The molecule has 0 aliphatic carbocycles. The predicted octanol–water partition coefficient (Wildman–Crippen LogP) is 3.17. The number of para-hydroxylation sites is 1. The summed E-state index contributed by atoms with van der Waals surface area (Å²) in [5, 5.41) is 12.1. The van der Waals surface area contributed by atoms with Crippen molar-refractivity contribution < 1.29 is 5.11 Å². The van der Waals surface area contributed by atoms with Gasteiger partial charge in [-0.25, -0.2) is 0 Å². The number of aliphatic hydroxyl groups is 1. The lowest BCUT2D eigenvalue weighted by molar-refractivity contribution is -0.0280. The van der Waals surface area contributed by atoms with Crippen molar-refractivity contribution in [3.8, 4) is 0 Å². The Bertz CT molecular complexity index is 615. The van der Waals surface area contributed by atoms with E-state index in [0.717, 1.165) is 48.9 Å². The first-order valence-electron chi connectivity index (χ1n) is 7.87. The highest BCUT2D eigenvalue weighted by atomic mass is 16.3. The number of piperidine rings is 1. The lowest BCUT2D eigenvalue weighted by Crippen LogP contribution is -2.43. The van der Waals surface area contributed by atoms with Gasteiger partial charge in [0, 0.05) is 36.8 Å². The van der Waals surface area contributed by atoms with E-state index in [9.17, 15) is 5.11 Å². The molecule has 0 bridgehead atoms. The molecule has 1 aliphatic heterocycles. The third-order valence-electron chi connectivity index (χ3n) is 4.43. The SMILES string of the molecule is CC(C)CN1CCC(O)(c2cnc3ccccc3c2)CC1. The zero-order chi connectivity index (χ0) is 14.9. The van der Waals surface area contributed by atoms with Gasteiger partial charge < -0.3 is 10.0 Å². The molecule has 1 N–H and O–H groups in total. The van der Waals surface area contributed by atoms with Gasteiger partial charge in [0.25, 0.3) is 0 Å². The average molecular weight is 284 g/mol. The monoisotopic (exact) mass is 284 g/mol. The molecule has 1 aromatic carbocycles. The van der Waals surface area contributed by atoms with Crippen LogP contribution in [0, 0.1) is 5.92 Å². The fraction of sp³-hybridized carbons (Fsp3) is 0.500. The van der Waals surface area contributed by atoms with E-state index in [-0.39, 0.29) is 0 Å². The first-order chi connectivity index (χ1) is 10.1. The number of rotatable bonds is 3. The Morgan fingerprint density at radius 1 is 1.24 bits per heavy atom. The first kappa shape index (κ1) is 14.5. The Morgan fingerprint density at radius 2 is 1.95 bits per heavy atom. The normalized spacial score (nSPS) is 19.2. The molecule has 0 saturated carbocycles. The summed E-state index contributed by atoms with van der Waals surface area (Å²) in [4.78, 5) is 6.95. The van der Waals surface area contributed by atoms with E-state index in [2.05, 4.69) is 35.9 Å². The van der Waals surface area contributed by atoms with Crippen molar-refractivity contribution in [3.63, 3.8) is 0 Å². The van der Waals surface area contributed by atoms with E-state index in [1.54, 1.807) is 0 Å². The van der Waals surface area contributed by atoms with E-state index in [1.807, 2.05) is 24.4 Å². The van der Waals surface area contributed by atoms with Crippen LogP contribution in [-0.4, -0.2) is 34.6 Å². The Labute approximate surface area is 126 Å². The highest BCUT2D eigenvalue weighted by molar-refractivity contribution is 5.78. The second-order valence-electron chi connectivity index (χ2n) is 6.64. The smallest absolute Gasteiger partial charge is 0.0935 e. The van der Waals surface area contributed by atoms with Gasteiger partial charge in [-0.3, -0.25) is 4.98 Å². The second-order valence-corrected chi connectivity index (χ2v) is 6.64. The molecule has 1 aliphatic rings. The topological polar surface area (TPSA) is 36.4 Å². The molecule has 1 fully saturated rings. The summed E-state index contributed by atoms with van der Waals surface area (Å²) >= 11 is 0. The highest BCUT2D eigenvalue weighted by Crippen LogP contribution is 2.33. The summed E-state index contributed by atoms with van der Waals surface area (Å²) in [6.07, 6.45) is 3.43. The van der Waals surface area contributed by atoms with Gasteiger partial charge in [-0.2, -0.15) is 0 Å². The molecule has 2 aromatic rings. The van der Waals surface area contributed by atoms with Gasteiger partial charge >= 0.3 is 0 Å². The van der Waals surface area contributed by atoms with Crippen molar-refractivity contribution >= 4 is 10.9 Å².